The standard InChI is InChI=1S/C18H11ClO4/c1-21-11-7-8-13-12(9-11)17-14(18(20)22-13)15(19)16(23-17)10-5-3-2-4-6-10/h2-9H,1H3. The Bertz CT molecular complexity index is 1080. The number of methoxy groups -OCH3 is 1. The van der Waals surface area contributed by atoms with Crippen molar-refractivity contribution in [3.63, 3.8) is 0 Å². The SMILES string of the molecule is COc1ccc2oc(=O)c3c(Cl)c(-c4ccccc4)oc3c2c1. The third-order valence-corrected chi connectivity index (χ3v) is 4.08. The number of halogens is 1. The average Bonchev–Trinajstić information content (AvgIpc) is 2.94. The normalized spacial score (nSPS) is 11.2. The van der Waals surface area contributed by atoms with Crippen LogP contribution >= 0.6 is 11.6 Å². The Kier molecular flexibility index (Phi) is 3.13. The topological polar surface area (TPSA) is 52.6 Å². The first-order chi connectivity index (χ1) is 11.2. The van der Waals surface area contributed by atoms with Crippen molar-refractivity contribution in [1.82, 2.24) is 0 Å². The van der Waals surface area contributed by atoms with Crippen LogP contribution in [-0.4, -0.2) is 7.11 Å². The highest BCUT2D eigenvalue weighted by Crippen LogP contribution is 2.39. The van der Waals surface area contributed by atoms with Gasteiger partial charge in [0.2, 0.25) is 0 Å². The number of fused-ring (bicyclic) bond motifs is 3. The van der Waals surface area contributed by atoms with E-state index in [1.54, 1.807) is 25.3 Å². The number of furan rings is 1. The van der Waals surface area contributed by atoms with Crippen LogP contribution < -0.4 is 10.4 Å². The molecule has 2 aromatic carbocycles. The summed E-state index contributed by atoms with van der Waals surface area (Å²) in [6, 6.07) is 14.5. The van der Waals surface area contributed by atoms with E-state index in [9.17, 15) is 4.79 Å². The van der Waals surface area contributed by atoms with E-state index in [4.69, 9.17) is 25.2 Å². The largest absolute Gasteiger partial charge is 0.497 e. The van der Waals surface area contributed by atoms with Gasteiger partial charge in [-0.05, 0) is 18.2 Å². The first-order valence-electron chi connectivity index (χ1n) is 6.97. The molecule has 4 nitrogen and oxygen atoms in total. The highest BCUT2D eigenvalue weighted by atomic mass is 35.5. The first-order valence-corrected chi connectivity index (χ1v) is 7.35. The van der Waals surface area contributed by atoms with Crippen LogP contribution in [-0.2, 0) is 0 Å². The molecular weight excluding hydrogens is 316 g/mol. The molecule has 0 saturated heterocycles. The summed E-state index contributed by atoms with van der Waals surface area (Å²) in [4.78, 5) is 12.3. The van der Waals surface area contributed by atoms with Gasteiger partial charge in [-0.25, -0.2) is 4.79 Å². The van der Waals surface area contributed by atoms with Crippen LogP contribution in [0.4, 0.5) is 0 Å². The molecule has 2 heterocycles. The molecule has 0 atom stereocenters. The van der Waals surface area contributed by atoms with Crippen molar-refractivity contribution in [2.75, 3.05) is 7.11 Å². The molecule has 23 heavy (non-hydrogen) atoms. The second-order valence-electron chi connectivity index (χ2n) is 5.07. The molecule has 0 aliphatic rings. The van der Waals surface area contributed by atoms with Gasteiger partial charge in [-0.15, -0.1) is 0 Å². The van der Waals surface area contributed by atoms with Gasteiger partial charge in [0.1, 0.15) is 21.7 Å². The van der Waals surface area contributed by atoms with E-state index in [0.717, 1.165) is 5.56 Å². The van der Waals surface area contributed by atoms with Crippen LogP contribution in [0.1, 0.15) is 0 Å². The number of benzene rings is 2. The van der Waals surface area contributed by atoms with Crippen LogP contribution in [0.25, 0.3) is 33.3 Å². The van der Waals surface area contributed by atoms with Gasteiger partial charge in [0, 0.05) is 5.56 Å². The van der Waals surface area contributed by atoms with E-state index in [1.165, 1.54) is 0 Å². The molecule has 2 aromatic heterocycles. The average molecular weight is 327 g/mol. The molecule has 5 heteroatoms. The maximum absolute atomic E-state index is 12.3. The molecule has 0 aliphatic carbocycles. The predicted molar refractivity (Wildman–Crippen MR) is 89.3 cm³/mol. The molecule has 4 rings (SSSR count). The van der Waals surface area contributed by atoms with Crippen molar-refractivity contribution >= 4 is 33.5 Å². The van der Waals surface area contributed by atoms with Crippen molar-refractivity contribution in [3.8, 4) is 17.1 Å². The Morgan fingerprint density at radius 2 is 1.83 bits per heavy atom. The van der Waals surface area contributed by atoms with E-state index >= 15 is 0 Å². The molecule has 0 unspecified atom stereocenters. The quantitative estimate of drug-likeness (QED) is 0.493. The molecule has 0 saturated carbocycles. The molecule has 0 fully saturated rings. The lowest BCUT2D eigenvalue weighted by Crippen LogP contribution is -1.98. The minimum atomic E-state index is -0.520. The van der Waals surface area contributed by atoms with Gasteiger partial charge in [-0.1, -0.05) is 41.9 Å². The summed E-state index contributed by atoms with van der Waals surface area (Å²) < 4.78 is 16.5. The molecule has 0 N–H and O–H groups in total. The van der Waals surface area contributed by atoms with E-state index in [0.29, 0.717) is 28.1 Å². The lowest BCUT2D eigenvalue weighted by Gasteiger charge is -2.01. The molecule has 0 aliphatic heterocycles. The van der Waals surface area contributed by atoms with Gasteiger partial charge >= 0.3 is 5.63 Å². The molecule has 0 amide bonds. The Balaban J connectivity index is 2.14. The Labute approximate surface area is 135 Å². The summed E-state index contributed by atoms with van der Waals surface area (Å²) in [6.45, 7) is 0. The Morgan fingerprint density at radius 3 is 2.57 bits per heavy atom. The van der Waals surface area contributed by atoms with Gasteiger partial charge in [-0.3, -0.25) is 0 Å². The van der Waals surface area contributed by atoms with Crippen molar-refractivity contribution in [3.05, 3.63) is 64.0 Å². The zero-order valence-electron chi connectivity index (χ0n) is 12.1. The van der Waals surface area contributed by atoms with E-state index in [2.05, 4.69) is 0 Å². The minimum absolute atomic E-state index is 0.242. The zero-order chi connectivity index (χ0) is 16.0. The molecule has 0 radical (unpaired) electrons. The Morgan fingerprint density at radius 1 is 1.04 bits per heavy atom. The fourth-order valence-electron chi connectivity index (χ4n) is 2.61. The second-order valence-corrected chi connectivity index (χ2v) is 5.44. The van der Waals surface area contributed by atoms with Crippen LogP contribution in [0.3, 0.4) is 0 Å². The first kappa shape index (κ1) is 13.9. The van der Waals surface area contributed by atoms with Crippen molar-refractivity contribution in [2.24, 2.45) is 0 Å². The Hall–Kier alpha value is -2.72. The van der Waals surface area contributed by atoms with Crippen molar-refractivity contribution < 1.29 is 13.6 Å². The lowest BCUT2D eigenvalue weighted by atomic mass is 10.1. The fourth-order valence-corrected chi connectivity index (χ4v) is 2.92. The lowest BCUT2D eigenvalue weighted by molar-refractivity contribution is 0.415. The molecule has 0 bridgehead atoms. The summed E-state index contributed by atoms with van der Waals surface area (Å²) in [5.74, 6) is 1.09. The summed E-state index contributed by atoms with van der Waals surface area (Å²) in [7, 11) is 1.57. The number of ether oxygens (including phenoxy) is 1. The maximum atomic E-state index is 12.3. The van der Waals surface area contributed by atoms with Gasteiger partial charge < -0.3 is 13.6 Å². The maximum Gasteiger partial charge on any atom is 0.349 e. The third-order valence-electron chi connectivity index (χ3n) is 3.72. The fraction of sp³-hybridized carbons (Fsp3) is 0.0556. The number of hydrogen-bond acceptors (Lipinski definition) is 4. The summed E-state index contributed by atoms with van der Waals surface area (Å²) in [5.41, 5.74) is 1.10. The third kappa shape index (κ3) is 2.11. The summed E-state index contributed by atoms with van der Waals surface area (Å²) in [5, 5.41) is 1.14. The van der Waals surface area contributed by atoms with Gasteiger partial charge in [0.05, 0.1) is 12.5 Å². The van der Waals surface area contributed by atoms with Crippen LogP contribution in [0, 0.1) is 0 Å². The zero-order valence-corrected chi connectivity index (χ0v) is 12.9. The van der Waals surface area contributed by atoms with Crippen LogP contribution in [0.5, 0.6) is 5.75 Å². The van der Waals surface area contributed by atoms with Crippen molar-refractivity contribution in [2.45, 2.75) is 0 Å². The second kappa shape index (κ2) is 5.18. The van der Waals surface area contributed by atoms with Crippen molar-refractivity contribution in [1.29, 1.82) is 0 Å². The predicted octanol–water partition coefficient (Wildman–Crippen LogP) is 4.87. The van der Waals surface area contributed by atoms with E-state index in [-0.39, 0.29) is 10.4 Å². The highest BCUT2D eigenvalue weighted by Gasteiger charge is 2.21. The summed E-state index contributed by atoms with van der Waals surface area (Å²) in [6.07, 6.45) is 0. The van der Waals surface area contributed by atoms with Crippen LogP contribution in [0.15, 0.2) is 62.2 Å². The van der Waals surface area contributed by atoms with E-state index < -0.39 is 5.63 Å². The number of rotatable bonds is 2. The van der Waals surface area contributed by atoms with Crippen LogP contribution in [0.2, 0.25) is 5.02 Å². The monoisotopic (exact) mass is 326 g/mol. The summed E-state index contributed by atoms with van der Waals surface area (Å²) >= 11 is 6.39. The van der Waals surface area contributed by atoms with E-state index in [1.807, 2.05) is 30.3 Å². The highest BCUT2D eigenvalue weighted by molar-refractivity contribution is 6.38. The van der Waals surface area contributed by atoms with Gasteiger partial charge in [0.25, 0.3) is 0 Å². The minimum Gasteiger partial charge on any atom is -0.497 e. The molecule has 4 aromatic rings. The smallest absolute Gasteiger partial charge is 0.349 e. The molecular formula is C18H11ClO4. The molecule has 114 valence electrons. The van der Waals surface area contributed by atoms with Gasteiger partial charge in [-0.2, -0.15) is 0 Å². The number of hydrogen-bond donors (Lipinski definition) is 0. The molecule has 0 spiro atoms. The van der Waals surface area contributed by atoms with Gasteiger partial charge in [0.15, 0.2) is 11.3 Å².